The Kier molecular flexibility index (Phi) is 4.00. The van der Waals surface area contributed by atoms with Gasteiger partial charge in [0.25, 0.3) is 0 Å². The van der Waals surface area contributed by atoms with Crippen molar-refractivity contribution in [1.29, 1.82) is 0 Å². The molecule has 0 saturated carbocycles. The second-order valence-corrected chi connectivity index (χ2v) is 6.11. The number of alkyl halides is 1. The van der Waals surface area contributed by atoms with Crippen molar-refractivity contribution in [3.8, 4) is 5.69 Å². The lowest BCUT2D eigenvalue weighted by Crippen LogP contribution is -2.05. The number of rotatable bonds is 3. The zero-order valence-electron chi connectivity index (χ0n) is 11.4. The molecule has 0 unspecified atom stereocenters. The standard InChI is InChI=1S/C16H13BrClFN2/c1-10-12(19)3-2-4-14(10)21-15-6-5-11(17)9-13(15)20-16(21)7-8-18/h2-6,9H,7-8H2,1H3. The summed E-state index contributed by atoms with van der Waals surface area (Å²) in [6.45, 7) is 1.78. The molecule has 0 aliphatic heterocycles. The molecular weight excluding hydrogens is 355 g/mol. The van der Waals surface area contributed by atoms with E-state index in [9.17, 15) is 4.39 Å². The third kappa shape index (κ3) is 2.58. The average molecular weight is 368 g/mol. The lowest BCUT2D eigenvalue weighted by Gasteiger charge is -2.12. The summed E-state index contributed by atoms with van der Waals surface area (Å²) in [7, 11) is 0. The molecule has 3 aromatic rings. The molecule has 0 atom stereocenters. The number of halogens is 3. The van der Waals surface area contributed by atoms with Crippen LogP contribution in [-0.2, 0) is 6.42 Å². The van der Waals surface area contributed by atoms with E-state index in [1.165, 1.54) is 6.07 Å². The van der Waals surface area contributed by atoms with Crippen LogP contribution in [0.5, 0.6) is 0 Å². The number of aromatic nitrogens is 2. The van der Waals surface area contributed by atoms with Gasteiger partial charge in [0.15, 0.2) is 0 Å². The van der Waals surface area contributed by atoms with Gasteiger partial charge in [0, 0.05) is 22.3 Å². The zero-order valence-corrected chi connectivity index (χ0v) is 13.7. The minimum Gasteiger partial charge on any atom is -0.296 e. The molecule has 1 aromatic heterocycles. The second-order valence-electron chi connectivity index (χ2n) is 4.82. The fourth-order valence-corrected chi connectivity index (χ4v) is 2.98. The van der Waals surface area contributed by atoms with Crippen LogP contribution < -0.4 is 0 Å². The molecule has 0 aliphatic rings. The van der Waals surface area contributed by atoms with Crippen LogP contribution >= 0.6 is 27.5 Å². The Bertz CT molecular complexity index is 813. The van der Waals surface area contributed by atoms with Gasteiger partial charge in [0.2, 0.25) is 0 Å². The van der Waals surface area contributed by atoms with E-state index in [0.717, 1.165) is 27.0 Å². The Morgan fingerprint density at radius 3 is 2.86 bits per heavy atom. The van der Waals surface area contributed by atoms with Crippen LogP contribution in [0.15, 0.2) is 40.9 Å². The zero-order chi connectivity index (χ0) is 15.0. The first-order valence-electron chi connectivity index (χ1n) is 6.60. The van der Waals surface area contributed by atoms with E-state index in [0.29, 0.717) is 17.9 Å². The molecule has 5 heteroatoms. The predicted molar refractivity (Wildman–Crippen MR) is 87.9 cm³/mol. The van der Waals surface area contributed by atoms with Gasteiger partial charge in [-0.3, -0.25) is 4.57 Å². The molecule has 0 amide bonds. The average Bonchev–Trinajstić information content (AvgIpc) is 2.79. The summed E-state index contributed by atoms with van der Waals surface area (Å²) >= 11 is 9.34. The number of fused-ring (bicyclic) bond motifs is 1. The van der Waals surface area contributed by atoms with Crippen molar-refractivity contribution < 1.29 is 4.39 Å². The minimum absolute atomic E-state index is 0.219. The van der Waals surface area contributed by atoms with E-state index in [1.807, 2.05) is 28.8 Å². The largest absolute Gasteiger partial charge is 0.296 e. The first-order valence-corrected chi connectivity index (χ1v) is 7.93. The summed E-state index contributed by atoms with van der Waals surface area (Å²) in [6.07, 6.45) is 0.629. The molecule has 21 heavy (non-hydrogen) atoms. The first-order chi connectivity index (χ1) is 10.1. The number of nitrogens with zero attached hydrogens (tertiary/aromatic N) is 2. The highest BCUT2D eigenvalue weighted by atomic mass is 79.9. The summed E-state index contributed by atoms with van der Waals surface area (Å²) in [5, 5.41) is 0. The molecule has 108 valence electrons. The molecule has 2 nitrogen and oxygen atoms in total. The Morgan fingerprint density at radius 1 is 1.29 bits per heavy atom. The fourth-order valence-electron chi connectivity index (χ4n) is 2.46. The highest BCUT2D eigenvalue weighted by Crippen LogP contribution is 2.27. The van der Waals surface area contributed by atoms with Gasteiger partial charge in [-0.2, -0.15) is 0 Å². The topological polar surface area (TPSA) is 17.8 Å². The van der Waals surface area contributed by atoms with Crippen LogP contribution in [0.3, 0.4) is 0 Å². The number of imidazole rings is 1. The quantitative estimate of drug-likeness (QED) is 0.595. The maximum Gasteiger partial charge on any atom is 0.128 e. The number of benzene rings is 2. The van der Waals surface area contributed by atoms with Crippen molar-refractivity contribution in [2.24, 2.45) is 0 Å². The Hall–Kier alpha value is -1.39. The Labute approximate surface area is 135 Å². The molecule has 2 aromatic carbocycles. The van der Waals surface area contributed by atoms with Crippen LogP contribution in [0.25, 0.3) is 16.7 Å². The smallest absolute Gasteiger partial charge is 0.128 e. The molecule has 0 N–H and O–H groups in total. The van der Waals surface area contributed by atoms with Crippen LogP contribution in [0.2, 0.25) is 0 Å². The van der Waals surface area contributed by atoms with E-state index in [2.05, 4.69) is 20.9 Å². The predicted octanol–water partition coefficient (Wildman–Crippen LogP) is 5.02. The molecule has 0 saturated heterocycles. The van der Waals surface area contributed by atoms with Gasteiger partial charge in [-0.15, -0.1) is 11.6 Å². The third-order valence-corrected chi connectivity index (χ3v) is 4.17. The minimum atomic E-state index is -0.219. The molecule has 0 aliphatic carbocycles. The molecule has 1 heterocycles. The van der Waals surface area contributed by atoms with Crippen LogP contribution in [-0.4, -0.2) is 15.4 Å². The summed E-state index contributed by atoms with van der Waals surface area (Å²) < 4.78 is 16.8. The summed E-state index contributed by atoms with van der Waals surface area (Å²) in [5.41, 5.74) is 3.23. The lowest BCUT2D eigenvalue weighted by atomic mass is 10.1. The Balaban J connectivity index is 2.33. The van der Waals surface area contributed by atoms with E-state index < -0.39 is 0 Å². The van der Waals surface area contributed by atoms with Crippen molar-refractivity contribution in [2.45, 2.75) is 13.3 Å². The van der Waals surface area contributed by atoms with Crippen LogP contribution in [0.4, 0.5) is 4.39 Å². The second kappa shape index (κ2) is 5.78. The molecule has 0 fully saturated rings. The number of hydrogen-bond donors (Lipinski definition) is 0. The van der Waals surface area contributed by atoms with Crippen molar-refractivity contribution >= 4 is 38.6 Å². The Morgan fingerprint density at radius 2 is 2.10 bits per heavy atom. The third-order valence-electron chi connectivity index (χ3n) is 3.48. The van der Waals surface area contributed by atoms with Crippen molar-refractivity contribution in [3.05, 3.63) is 58.1 Å². The van der Waals surface area contributed by atoms with Gasteiger partial charge in [-0.1, -0.05) is 22.0 Å². The maximum absolute atomic E-state index is 13.9. The summed E-state index contributed by atoms with van der Waals surface area (Å²) in [5.74, 6) is 1.09. The van der Waals surface area contributed by atoms with E-state index >= 15 is 0 Å². The number of aryl methyl sites for hydroxylation is 1. The van der Waals surface area contributed by atoms with Crippen molar-refractivity contribution in [3.63, 3.8) is 0 Å². The van der Waals surface area contributed by atoms with Gasteiger partial charge >= 0.3 is 0 Å². The first kappa shape index (κ1) is 14.5. The van der Waals surface area contributed by atoms with Crippen LogP contribution in [0.1, 0.15) is 11.4 Å². The lowest BCUT2D eigenvalue weighted by molar-refractivity contribution is 0.616. The van der Waals surface area contributed by atoms with Crippen LogP contribution in [0, 0.1) is 12.7 Å². The maximum atomic E-state index is 13.9. The molecule has 0 spiro atoms. The van der Waals surface area contributed by atoms with Gasteiger partial charge in [-0.25, -0.2) is 9.37 Å². The molecule has 0 bridgehead atoms. The van der Waals surface area contributed by atoms with E-state index in [4.69, 9.17) is 11.6 Å². The molecular formula is C16H13BrClFN2. The van der Waals surface area contributed by atoms with Gasteiger partial charge in [-0.05, 0) is 37.3 Å². The summed E-state index contributed by atoms with van der Waals surface area (Å²) in [4.78, 5) is 4.64. The molecule has 0 radical (unpaired) electrons. The summed E-state index contributed by atoms with van der Waals surface area (Å²) in [6, 6.07) is 11.0. The van der Waals surface area contributed by atoms with Crippen molar-refractivity contribution in [1.82, 2.24) is 9.55 Å². The van der Waals surface area contributed by atoms with Gasteiger partial charge in [0.1, 0.15) is 11.6 Å². The normalized spacial score (nSPS) is 11.2. The monoisotopic (exact) mass is 366 g/mol. The highest BCUT2D eigenvalue weighted by molar-refractivity contribution is 9.10. The van der Waals surface area contributed by atoms with Crippen molar-refractivity contribution in [2.75, 3.05) is 5.88 Å². The van der Waals surface area contributed by atoms with E-state index in [1.54, 1.807) is 13.0 Å². The SMILES string of the molecule is Cc1c(F)cccc1-n1c(CCCl)nc2cc(Br)ccc21. The fraction of sp³-hybridized carbons (Fsp3) is 0.188. The van der Waals surface area contributed by atoms with E-state index in [-0.39, 0.29) is 5.82 Å². The molecule has 3 rings (SSSR count). The van der Waals surface area contributed by atoms with Gasteiger partial charge < -0.3 is 0 Å². The highest BCUT2D eigenvalue weighted by Gasteiger charge is 2.15. The van der Waals surface area contributed by atoms with Gasteiger partial charge in [0.05, 0.1) is 16.7 Å². The number of hydrogen-bond acceptors (Lipinski definition) is 1.